The lowest BCUT2D eigenvalue weighted by Crippen LogP contribution is -2.13. The van der Waals surface area contributed by atoms with E-state index in [4.69, 9.17) is 14.0 Å². The number of carbonyl (C=O) groups excluding carboxylic acids is 1. The van der Waals surface area contributed by atoms with Crippen LogP contribution in [-0.2, 0) is 48.4 Å². The highest BCUT2D eigenvalue weighted by molar-refractivity contribution is 7.91. The second-order valence-electron chi connectivity index (χ2n) is 10.1. The zero-order valence-corrected chi connectivity index (χ0v) is 29.8. The summed E-state index contributed by atoms with van der Waals surface area (Å²) in [5, 5.41) is 29.4. The van der Waals surface area contributed by atoms with Crippen LogP contribution in [0.25, 0.3) is 0 Å². The fourth-order valence-corrected chi connectivity index (χ4v) is 6.35. The number of amides is 1. The summed E-state index contributed by atoms with van der Waals surface area (Å²) in [6.45, 7) is 0.877. The van der Waals surface area contributed by atoms with Crippen molar-refractivity contribution >= 4 is 94.3 Å². The Labute approximate surface area is 303 Å². The molecule has 0 aliphatic rings. The van der Waals surface area contributed by atoms with Gasteiger partial charge in [0.1, 0.15) is 22.1 Å². The molecule has 0 saturated heterocycles. The fraction of sp³-hybridized carbons (Fsp3) is 0.154. The molecule has 0 fully saturated rings. The number of carbonyl (C=O) groups is 1. The van der Waals surface area contributed by atoms with E-state index in [0.29, 0.717) is 0 Å². The first-order valence-electron chi connectivity index (χ1n) is 14.1. The Morgan fingerprint density at radius 1 is 0.849 bits per heavy atom. The van der Waals surface area contributed by atoms with Crippen LogP contribution >= 0.6 is 12.3 Å². The van der Waals surface area contributed by atoms with Crippen LogP contribution in [-0.4, -0.2) is 78.7 Å². The summed E-state index contributed by atoms with van der Waals surface area (Å²) < 4.78 is 113. The van der Waals surface area contributed by atoms with E-state index >= 15 is 0 Å². The van der Waals surface area contributed by atoms with Crippen molar-refractivity contribution < 1.29 is 62.4 Å². The zero-order chi connectivity index (χ0) is 38.8. The molecule has 0 saturated carbocycles. The molecule has 0 radical (unpaired) electrons. The van der Waals surface area contributed by atoms with Crippen molar-refractivity contribution in [2.45, 2.75) is 16.7 Å². The SMILES string of the molecule is CC(=O)Nc1cc(NCS(=O)(=O)O)ccc1N=Nc1cc(Nc2nc(F)nc(Nc3ccc(S(=O)(=O)CCOSOOO)cc3)n2)ccc1S(=O)(=O)O. The van der Waals surface area contributed by atoms with Crippen molar-refractivity contribution in [3.63, 3.8) is 0 Å². The van der Waals surface area contributed by atoms with Crippen molar-refractivity contribution in [3.05, 3.63) is 66.7 Å². The van der Waals surface area contributed by atoms with Crippen molar-refractivity contribution in [2.75, 3.05) is 39.5 Å². The predicted octanol–water partition coefficient (Wildman–Crippen LogP) is 4.15. The molecule has 4 aromatic rings. The number of anilines is 6. The minimum atomic E-state index is -4.87. The number of aromatic nitrogens is 3. The number of benzene rings is 3. The van der Waals surface area contributed by atoms with E-state index in [1.807, 2.05) is 0 Å². The Kier molecular flexibility index (Phi) is 13.6. The normalized spacial score (nSPS) is 12.1. The van der Waals surface area contributed by atoms with Crippen LogP contribution in [0.2, 0.25) is 0 Å². The van der Waals surface area contributed by atoms with Crippen molar-refractivity contribution in [1.29, 1.82) is 0 Å². The molecule has 0 bridgehead atoms. The second kappa shape index (κ2) is 17.7. The monoisotopic (exact) mass is 819 g/mol. The van der Waals surface area contributed by atoms with Crippen LogP contribution in [0.5, 0.6) is 0 Å². The van der Waals surface area contributed by atoms with Crippen molar-refractivity contribution in [3.8, 4) is 0 Å². The predicted molar refractivity (Wildman–Crippen MR) is 184 cm³/mol. The number of nitrogens with zero attached hydrogens (tertiary/aromatic N) is 5. The van der Waals surface area contributed by atoms with Gasteiger partial charge in [-0.05, 0) is 60.7 Å². The van der Waals surface area contributed by atoms with E-state index in [9.17, 15) is 39.0 Å². The molecule has 1 aromatic heterocycles. The number of azo groups is 1. The van der Waals surface area contributed by atoms with Gasteiger partial charge in [-0.25, -0.2) is 13.7 Å². The number of rotatable bonds is 18. The Morgan fingerprint density at radius 2 is 1.47 bits per heavy atom. The Balaban J connectivity index is 1.55. The third-order valence-corrected chi connectivity index (χ3v) is 9.63. The summed E-state index contributed by atoms with van der Waals surface area (Å²) in [5.41, 5.74) is -0.0270. The maximum Gasteiger partial charge on any atom is 0.315 e. The Morgan fingerprint density at radius 3 is 2.09 bits per heavy atom. The zero-order valence-electron chi connectivity index (χ0n) is 26.6. The van der Waals surface area contributed by atoms with Crippen LogP contribution in [0.4, 0.5) is 50.4 Å². The summed E-state index contributed by atoms with van der Waals surface area (Å²) in [5.74, 6) is -2.53. The molecular weight excluding hydrogens is 794 g/mol. The smallest absolute Gasteiger partial charge is 0.315 e. The third-order valence-electron chi connectivity index (χ3n) is 6.14. The molecule has 284 valence electrons. The lowest BCUT2D eigenvalue weighted by molar-refractivity contribution is -0.434. The first-order valence-corrected chi connectivity index (χ1v) is 19.5. The minimum absolute atomic E-state index is 0.00627. The number of sulfone groups is 1. The van der Waals surface area contributed by atoms with E-state index in [0.717, 1.165) is 12.1 Å². The van der Waals surface area contributed by atoms with E-state index in [1.165, 1.54) is 55.5 Å². The third kappa shape index (κ3) is 12.9. The molecule has 53 heavy (non-hydrogen) atoms. The summed E-state index contributed by atoms with van der Waals surface area (Å²) in [6, 6.07) is 12.3. The molecule has 0 aliphatic carbocycles. The molecule has 0 unspecified atom stereocenters. The van der Waals surface area contributed by atoms with Gasteiger partial charge in [0.15, 0.2) is 22.2 Å². The highest BCUT2D eigenvalue weighted by Crippen LogP contribution is 2.34. The van der Waals surface area contributed by atoms with Gasteiger partial charge in [-0.2, -0.15) is 36.2 Å². The van der Waals surface area contributed by atoms with Crippen LogP contribution < -0.4 is 21.3 Å². The molecule has 0 atom stereocenters. The molecule has 0 spiro atoms. The molecule has 7 N–H and O–H groups in total. The van der Waals surface area contributed by atoms with E-state index < -0.39 is 64.3 Å². The summed E-state index contributed by atoms with van der Waals surface area (Å²) in [6.07, 6.45) is -1.24. The Bertz CT molecular complexity index is 2320. The second-order valence-corrected chi connectivity index (χ2v) is 15.5. The van der Waals surface area contributed by atoms with Gasteiger partial charge in [0.25, 0.3) is 20.2 Å². The Hall–Kier alpha value is -4.97. The summed E-state index contributed by atoms with van der Waals surface area (Å²) >= 11 is 0.226. The maximum atomic E-state index is 14.4. The first kappa shape index (κ1) is 40.8. The molecule has 3 aromatic carbocycles. The van der Waals surface area contributed by atoms with Gasteiger partial charge in [0.05, 0.1) is 22.9 Å². The summed E-state index contributed by atoms with van der Waals surface area (Å²) in [4.78, 5) is 22.2. The molecule has 1 amide bonds. The summed E-state index contributed by atoms with van der Waals surface area (Å²) in [7, 11) is -13.0. The highest BCUT2D eigenvalue weighted by Gasteiger charge is 2.19. The van der Waals surface area contributed by atoms with Gasteiger partial charge >= 0.3 is 6.08 Å². The molecule has 22 nitrogen and oxygen atoms in total. The minimum Gasteiger partial charge on any atom is -0.370 e. The van der Waals surface area contributed by atoms with Gasteiger partial charge in [0, 0.05) is 24.0 Å². The van der Waals surface area contributed by atoms with Crippen LogP contribution in [0.3, 0.4) is 0 Å². The average molecular weight is 820 g/mol. The molecule has 27 heteroatoms. The quantitative estimate of drug-likeness (QED) is 0.0185. The van der Waals surface area contributed by atoms with E-state index in [-0.39, 0.29) is 64.2 Å². The molecule has 4 rings (SSSR count). The standard InChI is InChI=1S/C26H26FN9O13S4/c1-15(37)29-21-12-17(28-14-52(41,42)43)4-8-20(21)35-36-22-13-18(5-9-23(22)53(44,45)46)31-26-33-24(27)32-25(34-26)30-16-2-6-19(7-3-16)51(39,40)11-10-47-50-49-48-38/h2-9,12-13,28,38H,10-11,14H2,1H3,(H,29,37)(H,41,42,43)(H,44,45,46)(H2,30,31,32,33,34). The van der Waals surface area contributed by atoms with Crippen LogP contribution in [0.1, 0.15) is 6.92 Å². The highest BCUT2D eigenvalue weighted by atomic mass is 32.2. The van der Waals surface area contributed by atoms with Crippen LogP contribution in [0, 0.1) is 6.08 Å². The number of nitrogens with one attached hydrogen (secondary N) is 4. The van der Waals surface area contributed by atoms with Gasteiger partial charge in [0.2, 0.25) is 17.8 Å². The number of hydrogen-bond acceptors (Lipinski definition) is 20. The van der Waals surface area contributed by atoms with Crippen LogP contribution in [0.15, 0.2) is 80.7 Å². The maximum absolute atomic E-state index is 14.4. The van der Waals surface area contributed by atoms with Crippen molar-refractivity contribution in [2.24, 2.45) is 10.2 Å². The molecule has 1 heterocycles. The number of hydrogen-bond donors (Lipinski definition) is 7. The first-order chi connectivity index (χ1) is 24.9. The molecular formula is C26H26FN9O13S4. The van der Waals surface area contributed by atoms with E-state index in [1.54, 1.807) is 0 Å². The number of halogens is 1. The fourth-order valence-electron chi connectivity index (χ4n) is 3.99. The lowest BCUT2D eigenvalue weighted by Gasteiger charge is -2.11. The lowest BCUT2D eigenvalue weighted by atomic mass is 10.2. The van der Waals surface area contributed by atoms with Gasteiger partial charge in [-0.3, -0.25) is 18.1 Å². The average Bonchev–Trinajstić information content (AvgIpc) is 3.06. The largest absolute Gasteiger partial charge is 0.370 e. The van der Waals surface area contributed by atoms with E-state index in [2.05, 4.69) is 55.8 Å². The van der Waals surface area contributed by atoms with Gasteiger partial charge < -0.3 is 21.3 Å². The van der Waals surface area contributed by atoms with Gasteiger partial charge in [-0.15, -0.1) is 14.6 Å². The van der Waals surface area contributed by atoms with Gasteiger partial charge in [-0.1, -0.05) is 5.04 Å². The van der Waals surface area contributed by atoms with Crippen molar-refractivity contribution in [1.82, 2.24) is 15.0 Å². The molecule has 0 aliphatic heterocycles. The topological polar surface area (TPSA) is 319 Å².